The van der Waals surface area contributed by atoms with Gasteiger partial charge in [-0.3, -0.25) is 4.79 Å². The normalized spacial score (nSPS) is 48.5. The number of hydrogen-bond donors (Lipinski definition) is 1. The lowest BCUT2D eigenvalue weighted by molar-refractivity contribution is -0.117. The van der Waals surface area contributed by atoms with Crippen molar-refractivity contribution in [2.75, 3.05) is 0 Å². The molecule has 4 aliphatic carbocycles. The van der Waals surface area contributed by atoms with Crippen molar-refractivity contribution < 1.29 is 14.3 Å². The van der Waals surface area contributed by atoms with E-state index in [1.165, 1.54) is 0 Å². The summed E-state index contributed by atoms with van der Waals surface area (Å²) in [7, 11) is 0. The highest BCUT2D eigenvalue weighted by molar-refractivity contribution is 5.92. The van der Waals surface area contributed by atoms with E-state index in [0.29, 0.717) is 24.3 Å². The Morgan fingerprint density at radius 3 is 2.72 bits per heavy atom. The summed E-state index contributed by atoms with van der Waals surface area (Å²) in [5, 5.41) is 11.2. The van der Waals surface area contributed by atoms with E-state index < -0.39 is 5.60 Å². The minimum absolute atomic E-state index is 0.0430. The van der Waals surface area contributed by atoms with Crippen LogP contribution in [0.15, 0.2) is 41.9 Å². The summed E-state index contributed by atoms with van der Waals surface area (Å²) in [4.78, 5) is 11.8. The Bertz CT molecular complexity index is 743. The lowest BCUT2D eigenvalue weighted by Crippen LogP contribution is -2.53. The first kappa shape index (κ1) is 17.0. The molecule has 0 heterocycles. The Morgan fingerprint density at radius 2 is 2.00 bits per heavy atom. The smallest absolute Gasteiger partial charge is 0.156 e. The Morgan fingerprint density at radius 1 is 1.28 bits per heavy atom. The number of carbonyl (C=O) groups excluding carboxylic acids is 1. The van der Waals surface area contributed by atoms with E-state index in [4.69, 9.17) is 0 Å². The minimum atomic E-state index is -0.895. The molecule has 0 unspecified atom stereocenters. The molecule has 25 heavy (non-hydrogen) atoms. The summed E-state index contributed by atoms with van der Waals surface area (Å²) >= 11 is 0. The van der Waals surface area contributed by atoms with Gasteiger partial charge >= 0.3 is 0 Å². The van der Waals surface area contributed by atoms with Gasteiger partial charge in [0, 0.05) is 11.8 Å². The molecule has 2 nitrogen and oxygen atoms in total. The summed E-state index contributed by atoms with van der Waals surface area (Å²) in [6.45, 7) is 7.95. The van der Waals surface area contributed by atoms with E-state index in [1.54, 1.807) is 18.2 Å². The Labute approximate surface area is 149 Å². The molecule has 0 spiro atoms. The lowest BCUT2D eigenvalue weighted by atomic mass is 9.48. The van der Waals surface area contributed by atoms with E-state index in [9.17, 15) is 14.3 Å². The summed E-state index contributed by atoms with van der Waals surface area (Å²) in [6.07, 6.45) is 9.74. The highest BCUT2D eigenvalue weighted by Crippen LogP contribution is 2.67. The SMILES string of the molecule is C=C=C[C@]1(O)CC[C@H]2[C@@H]3C=C(F)C4=CC(=O)CC[C@]4(C)[C@H]3CC[C@@]21C. The number of rotatable bonds is 1. The molecule has 0 radical (unpaired) electrons. The Balaban J connectivity index is 1.80. The molecule has 6 atom stereocenters. The average Bonchev–Trinajstić information content (AvgIpc) is 2.82. The molecule has 2 fully saturated rings. The predicted octanol–water partition coefficient (Wildman–Crippen LogP) is 4.66. The van der Waals surface area contributed by atoms with Crippen LogP contribution in [0.2, 0.25) is 0 Å². The van der Waals surface area contributed by atoms with Crippen LogP contribution < -0.4 is 0 Å². The van der Waals surface area contributed by atoms with Gasteiger partial charge in [-0.25, -0.2) is 4.39 Å². The van der Waals surface area contributed by atoms with Gasteiger partial charge in [0.2, 0.25) is 0 Å². The van der Waals surface area contributed by atoms with Gasteiger partial charge in [-0.1, -0.05) is 20.4 Å². The fraction of sp³-hybridized carbons (Fsp3) is 0.636. The minimum Gasteiger partial charge on any atom is -0.385 e. The van der Waals surface area contributed by atoms with Crippen molar-refractivity contribution in [3.05, 3.63) is 41.9 Å². The molecular weight excluding hydrogens is 315 g/mol. The third-order valence-corrected chi connectivity index (χ3v) is 8.11. The third kappa shape index (κ3) is 2.09. The standard InChI is InChI=1S/C22H27FO2/c1-4-8-22(25)11-7-17-15-13-19(23)18-12-14(24)5-9-20(18,2)16(15)6-10-21(17,22)3/h8,12-13,15-17,25H,1,5-7,9-11H2,2-3H3/t15-,16+,17+,20-,21+,22+/m1/s1. The van der Waals surface area contributed by atoms with Crippen LogP contribution in [0.5, 0.6) is 0 Å². The maximum absolute atomic E-state index is 15.0. The molecular formula is C22H27FO2. The quantitative estimate of drug-likeness (QED) is 0.704. The van der Waals surface area contributed by atoms with Gasteiger partial charge in [0.05, 0.1) is 5.60 Å². The summed E-state index contributed by atoms with van der Waals surface area (Å²) < 4.78 is 15.0. The number of hydrogen-bond acceptors (Lipinski definition) is 2. The number of fused-ring (bicyclic) bond motifs is 5. The van der Waals surface area contributed by atoms with Crippen LogP contribution in [0.4, 0.5) is 4.39 Å². The van der Waals surface area contributed by atoms with Crippen LogP contribution in [-0.4, -0.2) is 16.5 Å². The van der Waals surface area contributed by atoms with Gasteiger partial charge in [-0.2, -0.15) is 0 Å². The van der Waals surface area contributed by atoms with Crippen molar-refractivity contribution in [3.8, 4) is 0 Å². The molecule has 3 heteroatoms. The molecule has 0 aliphatic heterocycles. The van der Waals surface area contributed by atoms with Crippen LogP contribution in [0.3, 0.4) is 0 Å². The first-order chi connectivity index (χ1) is 11.7. The van der Waals surface area contributed by atoms with Crippen molar-refractivity contribution in [2.24, 2.45) is 28.6 Å². The zero-order valence-electron chi connectivity index (χ0n) is 15.1. The lowest BCUT2D eigenvalue weighted by Gasteiger charge is -2.57. The van der Waals surface area contributed by atoms with Gasteiger partial charge in [0.1, 0.15) is 5.83 Å². The number of aliphatic hydroxyl groups is 1. The second-order valence-electron chi connectivity index (χ2n) is 9.01. The van der Waals surface area contributed by atoms with E-state index in [0.717, 1.165) is 25.7 Å². The topological polar surface area (TPSA) is 37.3 Å². The van der Waals surface area contributed by atoms with Crippen LogP contribution in [0, 0.1) is 28.6 Å². The van der Waals surface area contributed by atoms with Gasteiger partial charge in [0.25, 0.3) is 0 Å². The second kappa shape index (κ2) is 5.28. The van der Waals surface area contributed by atoms with E-state index in [1.807, 2.05) is 0 Å². The molecule has 2 saturated carbocycles. The summed E-state index contributed by atoms with van der Waals surface area (Å²) in [5.74, 6) is 0.556. The molecule has 134 valence electrons. The van der Waals surface area contributed by atoms with E-state index in [2.05, 4.69) is 26.2 Å². The van der Waals surface area contributed by atoms with Crippen molar-refractivity contribution in [3.63, 3.8) is 0 Å². The monoisotopic (exact) mass is 342 g/mol. The van der Waals surface area contributed by atoms with Crippen LogP contribution >= 0.6 is 0 Å². The van der Waals surface area contributed by atoms with Crippen LogP contribution in [-0.2, 0) is 4.79 Å². The molecule has 0 bridgehead atoms. The van der Waals surface area contributed by atoms with Crippen LogP contribution in [0.25, 0.3) is 0 Å². The molecule has 0 amide bonds. The first-order valence-electron chi connectivity index (χ1n) is 9.47. The molecule has 0 aromatic carbocycles. The van der Waals surface area contributed by atoms with Crippen LogP contribution in [0.1, 0.15) is 52.4 Å². The zero-order valence-corrected chi connectivity index (χ0v) is 15.1. The van der Waals surface area contributed by atoms with Crippen molar-refractivity contribution in [1.82, 2.24) is 0 Å². The number of allylic oxidation sites excluding steroid dienone is 4. The largest absolute Gasteiger partial charge is 0.385 e. The Hall–Kier alpha value is -1.44. The highest BCUT2D eigenvalue weighted by Gasteiger charge is 2.63. The second-order valence-corrected chi connectivity index (χ2v) is 9.01. The molecule has 0 aromatic heterocycles. The summed E-state index contributed by atoms with van der Waals surface area (Å²) in [5.41, 5.74) is 1.99. The van der Waals surface area contributed by atoms with Crippen molar-refractivity contribution in [2.45, 2.75) is 58.0 Å². The maximum atomic E-state index is 15.0. The average molecular weight is 342 g/mol. The first-order valence-corrected chi connectivity index (χ1v) is 9.47. The predicted molar refractivity (Wildman–Crippen MR) is 95.3 cm³/mol. The van der Waals surface area contributed by atoms with Crippen molar-refractivity contribution >= 4 is 5.78 Å². The fourth-order valence-corrected chi connectivity index (χ4v) is 6.53. The van der Waals surface area contributed by atoms with E-state index >= 15 is 0 Å². The van der Waals surface area contributed by atoms with Gasteiger partial charge in [0.15, 0.2) is 5.78 Å². The fourth-order valence-electron chi connectivity index (χ4n) is 6.53. The number of carbonyl (C=O) groups is 1. The Kier molecular flexibility index (Phi) is 3.59. The maximum Gasteiger partial charge on any atom is 0.156 e. The van der Waals surface area contributed by atoms with E-state index in [-0.39, 0.29) is 34.3 Å². The number of halogens is 1. The molecule has 0 aromatic rings. The third-order valence-electron chi connectivity index (χ3n) is 8.11. The zero-order chi connectivity index (χ0) is 18.0. The van der Waals surface area contributed by atoms with Crippen molar-refractivity contribution in [1.29, 1.82) is 0 Å². The molecule has 1 N–H and O–H groups in total. The van der Waals surface area contributed by atoms with Gasteiger partial charge < -0.3 is 5.11 Å². The summed E-state index contributed by atoms with van der Waals surface area (Å²) in [6, 6.07) is 0. The molecule has 0 saturated heterocycles. The highest BCUT2D eigenvalue weighted by atomic mass is 19.1. The molecule has 4 aliphatic rings. The number of ketones is 1. The van der Waals surface area contributed by atoms with Gasteiger partial charge in [-0.15, -0.1) is 5.73 Å². The van der Waals surface area contributed by atoms with Gasteiger partial charge in [-0.05, 0) is 79.1 Å². The molecule has 4 rings (SSSR count).